The molecule has 13 heteroatoms. The lowest BCUT2D eigenvalue weighted by Gasteiger charge is -2.16. The number of benzene rings is 1. The topological polar surface area (TPSA) is 138 Å². The summed E-state index contributed by atoms with van der Waals surface area (Å²) in [5.74, 6) is -0.656. The van der Waals surface area contributed by atoms with Crippen molar-refractivity contribution in [2.24, 2.45) is 5.10 Å². The molecule has 0 radical (unpaired) electrons. The number of nitrogens with zero attached hydrogens (tertiary/aromatic N) is 3. The van der Waals surface area contributed by atoms with Crippen LogP contribution in [0.5, 0.6) is 0 Å². The highest BCUT2D eigenvalue weighted by atomic mass is 32.2. The molecule has 1 saturated heterocycles. The minimum atomic E-state index is -3.87. The van der Waals surface area contributed by atoms with E-state index in [0.29, 0.717) is 24.4 Å². The predicted molar refractivity (Wildman–Crippen MR) is 133 cm³/mol. The van der Waals surface area contributed by atoms with E-state index in [9.17, 15) is 21.6 Å². The molecule has 0 spiro atoms. The van der Waals surface area contributed by atoms with E-state index in [0.717, 1.165) is 24.2 Å². The molecule has 0 saturated carbocycles. The first-order valence-electron chi connectivity index (χ1n) is 10.6. The van der Waals surface area contributed by atoms with Crippen LogP contribution < -0.4 is 10.1 Å². The fraction of sp³-hybridized carbons (Fsp3) is 0.227. The van der Waals surface area contributed by atoms with E-state index in [-0.39, 0.29) is 20.4 Å². The number of pyridine rings is 1. The summed E-state index contributed by atoms with van der Waals surface area (Å²) in [4.78, 5) is 16.9. The molecule has 35 heavy (non-hydrogen) atoms. The number of thiophene rings is 1. The Bertz CT molecular complexity index is 1460. The highest BCUT2D eigenvalue weighted by molar-refractivity contribution is 7.94. The van der Waals surface area contributed by atoms with Gasteiger partial charge in [-0.15, -0.1) is 11.3 Å². The molecule has 1 aromatic carbocycles. The number of rotatable bonds is 8. The number of anilines is 1. The number of hydrogen-bond acceptors (Lipinski definition) is 8. The zero-order valence-corrected chi connectivity index (χ0v) is 21.2. The number of amides is 1. The van der Waals surface area contributed by atoms with Crippen LogP contribution in [0, 0.1) is 0 Å². The van der Waals surface area contributed by atoms with Gasteiger partial charge in [0.1, 0.15) is 4.21 Å². The number of aromatic nitrogens is 1. The maximum absolute atomic E-state index is 12.9. The SMILES string of the molecule is CC(=NNC(=O)c1ccncc1NS(=O)(=O)c1cccs1)c1cccc(S(=O)(=O)N2CCCC2)c1. The number of carbonyl (C=O) groups excluding carboxylic acids is 1. The van der Waals surface area contributed by atoms with E-state index < -0.39 is 26.0 Å². The highest BCUT2D eigenvalue weighted by Gasteiger charge is 2.27. The van der Waals surface area contributed by atoms with Crippen LogP contribution in [-0.2, 0) is 20.0 Å². The fourth-order valence-corrected chi connectivity index (χ4v) is 7.12. The molecule has 2 N–H and O–H groups in total. The number of hydrogen-bond donors (Lipinski definition) is 2. The summed E-state index contributed by atoms with van der Waals surface area (Å²) in [7, 11) is -7.47. The maximum Gasteiger partial charge on any atom is 0.273 e. The maximum atomic E-state index is 12.9. The van der Waals surface area contributed by atoms with Crippen LogP contribution in [0.1, 0.15) is 35.7 Å². The monoisotopic (exact) mass is 533 g/mol. The first-order valence-corrected chi connectivity index (χ1v) is 14.4. The molecule has 4 rings (SSSR count). The van der Waals surface area contributed by atoms with Crippen molar-refractivity contribution in [2.75, 3.05) is 17.8 Å². The third kappa shape index (κ3) is 5.59. The Morgan fingerprint density at radius 1 is 1.09 bits per heavy atom. The molecule has 0 bridgehead atoms. The first-order chi connectivity index (χ1) is 16.7. The van der Waals surface area contributed by atoms with Crippen LogP contribution in [0.4, 0.5) is 5.69 Å². The zero-order valence-electron chi connectivity index (χ0n) is 18.7. The van der Waals surface area contributed by atoms with Gasteiger partial charge in [-0.05, 0) is 55.0 Å². The first kappa shape index (κ1) is 25.0. The molecule has 3 heterocycles. The second kappa shape index (κ2) is 10.2. The number of carbonyl (C=O) groups is 1. The van der Waals surface area contributed by atoms with E-state index >= 15 is 0 Å². The van der Waals surface area contributed by atoms with Crippen LogP contribution in [0.15, 0.2) is 74.4 Å². The summed E-state index contributed by atoms with van der Waals surface area (Å²) in [5.41, 5.74) is 3.34. The lowest BCUT2D eigenvalue weighted by Crippen LogP contribution is -2.28. The summed E-state index contributed by atoms with van der Waals surface area (Å²) in [5, 5.41) is 5.73. The van der Waals surface area contributed by atoms with Gasteiger partial charge in [-0.25, -0.2) is 22.3 Å². The van der Waals surface area contributed by atoms with Crippen LogP contribution in [-0.4, -0.2) is 50.8 Å². The Hall–Kier alpha value is -3.13. The van der Waals surface area contributed by atoms with E-state index in [1.165, 1.54) is 41.0 Å². The molecule has 0 aliphatic carbocycles. The second-order valence-electron chi connectivity index (χ2n) is 7.74. The van der Waals surface area contributed by atoms with Gasteiger partial charge in [0, 0.05) is 19.3 Å². The molecule has 1 aliphatic rings. The molecule has 2 aromatic heterocycles. The van der Waals surface area contributed by atoms with Crippen molar-refractivity contribution >= 4 is 48.7 Å². The normalized spacial score (nSPS) is 15.2. The number of sulfonamides is 2. The van der Waals surface area contributed by atoms with Gasteiger partial charge < -0.3 is 0 Å². The van der Waals surface area contributed by atoms with Crippen LogP contribution in [0.2, 0.25) is 0 Å². The molecule has 3 aromatic rings. The van der Waals surface area contributed by atoms with Gasteiger partial charge in [-0.3, -0.25) is 14.5 Å². The van der Waals surface area contributed by atoms with Crippen LogP contribution in [0.3, 0.4) is 0 Å². The summed E-state index contributed by atoms with van der Waals surface area (Å²) in [6.07, 6.45) is 4.28. The van der Waals surface area contributed by atoms with Gasteiger partial charge in [-0.2, -0.15) is 9.41 Å². The van der Waals surface area contributed by atoms with Crippen molar-refractivity contribution in [1.29, 1.82) is 0 Å². The van der Waals surface area contributed by atoms with Gasteiger partial charge in [-0.1, -0.05) is 18.2 Å². The van der Waals surface area contributed by atoms with Crippen molar-refractivity contribution in [3.05, 3.63) is 71.4 Å². The largest absolute Gasteiger partial charge is 0.277 e. The number of nitrogens with one attached hydrogen (secondary N) is 2. The van der Waals surface area contributed by atoms with Crippen LogP contribution in [0.25, 0.3) is 0 Å². The van der Waals surface area contributed by atoms with Gasteiger partial charge >= 0.3 is 0 Å². The summed E-state index contributed by atoms with van der Waals surface area (Å²) in [6, 6.07) is 10.8. The Labute approximate surface area is 207 Å². The summed E-state index contributed by atoms with van der Waals surface area (Å²) >= 11 is 1.05. The van der Waals surface area contributed by atoms with Crippen molar-refractivity contribution < 1.29 is 21.6 Å². The van der Waals surface area contributed by atoms with Gasteiger partial charge in [0.05, 0.1) is 28.1 Å². The third-order valence-corrected chi connectivity index (χ3v) is 10.0. The molecular formula is C22H23N5O5S3. The molecule has 0 atom stereocenters. The van der Waals surface area contributed by atoms with Crippen molar-refractivity contribution in [3.8, 4) is 0 Å². The standard InChI is InChI=1S/C22H23N5O5S3/c1-16(17-6-4-7-18(14-17)35(31,32)27-11-2-3-12-27)24-25-22(28)19-9-10-23-15-20(19)26-34(29,30)21-8-5-13-33-21/h4-10,13-15,26H,2-3,11-12H2,1H3,(H,25,28). The van der Waals surface area contributed by atoms with Crippen molar-refractivity contribution in [1.82, 2.24) is 14.7 Å². The molecule has 10 nitrogen and oxygen atoms in total. The van der Waals surface area contributed by atoms with Gasteiger partial charge in [0.15, 0.2) is 0 Å². The Balaban J connectivity index is 1.52. The molecule has 184 valence electrons. The fourth-order valence-electron chi connectivity index (χ4n) is 3.50. The lowest BCUT2D eigenvalue weighted by molar-refractivity contribution is 0.0955. The molecular weight excluding hydrogens is 510 g/mol. The number of hydrazone groups is 1. The minimum Gasteiger partial charge on any atom is -0.277 e. The Morgan fingerprint density at radius 2 is 1.86 bits per heavy atom. The zero-order chi connectivity index (χ0) is 25.1. The van der Waals surface area contributed by atoms with E-state index in [1.54, 1.807) is 30.5 Å². The molecule has 1 amide bonds. The molecule has 1 aliphatic heterocycles. The van der Waals surface area contributed by atoms with Gasteiger partial charge in [0.25, 0.3) is 15.9 Å². The average molecular weight is 534 g/mol. The highest BCUT2D eigenvalue weighted by Crippen LogP contribution is 2.23. The van der Waals surface area contributed by atoms with E-state index in [2.05, 4.69) is 20.2 Å². The van der Waals surface area contributed by atoms with Crippen molar-refractivity contribution in [3.63, 3.8) is 0 Å². The van der Waals surface area contributed by atoms with Gasteiger partial charge in [0.2, 0.25) is 10.0 Å². The predicted octanol–water partition coefficient (Wildman–Crippen LogP) is 2.88. The summed E-state index contributed by atoms with van der Waals surface area (Å²) < 4.78 is 54.8. The molecule has 1 fully saturated rings. The van der Waals surface area contributed by atoms with Crippen LogP contribution >= 0.6 is 11.3 Å². The smallest absolute Gasteiger partial charge is 0.273 e. The third-order valence-electron chi connectivity index (χ3n) is 5.35. The average Bonchev–Trinajstić information content (AvgIpc) is 3.58. The van der Waals surface area contributed by atoms with Crippen molar-refractivity contribution in [2.45, 2.75) is 28.9 Å². The molecule has 0 unspecified atom stereocenters. The second-order valence-corrected chi connectivity index (χ2v) is 12.5. The quantitative estimate of drug-likeness (QED) is 0.337. The van der Waals surface area contributed by atoms with E-state index in [4.69, 9.17) is 0 Å². The Morgan fingerprint density at radius 3 is 2.57 bits per heavy atom. The van der Waals surface area contributed by atoms with E-state index in [1.807, 2.05) is 0 Å². The summed E-state index contributed by atoms with van der Waals surface area (Å²) in [6.45, 7) is 2.63. The Kier molecular flexibility index (Phi) is 7.31. The lowest BCUT2D eigenvalue weighted by atomic mass is 10.1. The minimum absolute atomic E-state index is 0.00459.